The Morgan fingerprint density at radius 3 is 2.88 bits per heavy atom. The summed E-state index contributed by atoms with van der Waals surface area (Å²) < 4.78 is 23.0. The van der Waals surface area contributed by atoms with Crippen molar-refractivity contribution < 1.29 is 18.7 Å². The molecule has 16 heavy (non-hydrogen) atoms. The quantitative estimate of drug-likeness (QED) is 0.724. The molecule has 0 saturated heterocycles. The molecule has 0 aliphatic carbocycles. The monoisotopic (exact) mass is 226 g/mol. The molecule has 1 rings (SSSR count). The van der Waals surface area contributed by atoms with Crippen LogP contribution in [0.25, 0.3) is 0 Å². The van der Waals surface area contributed by atoms with Crippen LogP contribution in [-0.2, 0) is 9.53 Å². The van der Waals surface area contributed by atoms with Crippen LogP contribution in [-0.4, -0.2) is 18.7 Å². The number of hydrogen-bond acceptors (Lipinski definition) is 3. The molecule has 0 saturated carbocycles. The van der Waals surface area contributed by atoms with E-state index in [1.807, 2.05) is 0 Å². The van der Waals surface area contributed by atoms with E-state index in [2.05, 4.69) is 0 Å². The van der Waals surface area contributed by atoms with Gasteiger partial charge in [-0.15, -0.1) is 0 Å². The summed E-state index contributed by atoms with van der Waals surface area (Å²) in [4.78, 5) is 11.1. The van der Waals surface area contributed by atoms with Gasteiger partial charge in [-0.3, -0.25) is 4.79 Å². The van der Waals surface area contributed by atoms with E-state index in [9.17, 15) is 9.18 Å². The second-order valence-electron chi connectivity index (χ2n) is 3.39. The second kappa shape index (κ2) is 6.10. The molecule has 0 aromatic heterocycles. The van der Waals surface area contributed by atoms with Crippen LogP contribution in [0.4, 0.5) is 4.39 Å². The molecule has 0 amide bonds. The fraction of sp³-hybridized carbons (Fsp3) is 0.417. The molecule has 0 N–H and O–H groups in total. The highest BCUT2D eigenvalue weighted by atomic mass is 19.1. The van der Waals surface area contributed by atoms with Gasteiger partial charge >= 0.3 is 5.97 Å². The maximum Gasteiger partial charge on any atom is 0.309 e. The lowest BCUT2D eigenvalue weighted by Gasteiger charge is -2.13. The lowest BCUT2D eigenvalue weighted by atomic mass is 10.3. The van der Waals surface area contributed by atoms with Crippen LogP contribution in [0.3, 0.4) is 0 Å². The van der Waals surface area contributed by atoms with Crippen molar-refractivity contribution >= 4 is 5.97 Å². The molecule has 3 nitrogen and oxygen atoms in total. The summed E-state index contributed by atoms with van der Waals surface area (Å²) in [5.74, 6) is -0.260. The lowest BCUT2D eigenvalue weighted by Crippen LogP contribution is -2.18. The maximum absolute atomic E-state index is 12.8. The van der Waals surface area contributed by atoms with E-state index >= 15 is 0 Å². The Bertz CT molecular complexity index is 352. The van der Waals surface area contributed by atoms with Crippen LogP contribution in [0.15, 0.2) is 24.3 Å². The zero-order chi connectivity index (χ0) is 12.0. The van der Waals surface area contributed by atoms with Crippen LogP contribution in [0.5, 0.6) is 5.75 Å². The fourth-order valence-electron chi connectivity index (χ4n) is 1.27. The SMILES string of the molecule is CCOC(=O)CC(C)Oc1cccc(F)c1. The molecule has 1 atom stereocenters. The zero-order valence-electron chi connectivity index (χ0n) is 9.40. The number of hydrogen-bond donors (Lipinski definition) is 0. The number of halogens is 1. The summed E-state index contributed by atoms with van der Waals surface area (Å²) in [5, 5.41) is 0. The Morgan fingerprint density at radius 2 is 2.25 bits per heavy atom. The number of rotatable bonds is 5. The van der Waals surface area contributed by atoms with Crippen molar-refractivity contribution in [1.29, 1.82) is 0 Å². The van der Waals surface area contributed by atoms with Gasteiger partial charge in [0.1, 0.15) is 17.7 Å². The molecule has 0 aliphatic heterocycles. The third-order valence-corrected chi connectivity index (χ3v) is 1.89. The highest BCUT2D eigenvalue weighted by Crippen LogP contribution is 2.14. The Kier molecular flexibility index (Phi) is 4.76. The Morgan fingerprint density at radius 1 is 1.50 bits per heavy atom. The minimum atomic E-state index is -0.360. The maximum atomic E-state index is 12.8. The predicted molar refractivity (Wildman–Crippen MR) is 57.7 cm³/mol. The van der Waals surface area contributed by atoms with E-state index in [-0.39, 0.29) is 24.3 Å². The highest BCUT2D eigenvalue weighted by Gasteiger charge is 2.11. The summed E-state index contributed by atoms with van der Waals surface area (Å²) >= 11 is 0. The van der Waals surface area contributed by atoms with Gasteiger partial charge in [-0.25, -0.2) is 4.39 Å². The van der Waals surface area contributed by atoms with Crippen LogP contribution in [0.1, 0.15) is 20.3 Å². The standard InChI is InChI=1S/C12H15FO3/c1-3-15-12(14)7-9(2)16-11-6-4-5-10(13)8-11/h4-6,8-9H,3,7H2,1-2H3. The van der Waals surface area contributed by atoms with Crippen molar-refractivity contribution in [3.05, 3.63) is 30.1 Å². The Balaban J connectivity index is 2.45. The molecular formula is C12H15FO3. The molecule has 0 radical (unpaired) electrons. The highest BCUT2D eigenvalue weighted by molar-refractivity contribution is 5.69. The lowest BCUT2D eigenvalue weighted by molar-refractivity contribution is -0.144. The summed E-state index contributed by atoms with van der Waals surface area (Å²) in [5.41, 5.74) is 0. The Hall–Kier alpha value is -1.58. The van der Waals surface area contributed by atoms with Crippen molar-refractivity contribution in [3.63, 3.8) is 0 Å². The van der Waals surface area contributed by atoms with E-state index in [0.717, 1.165) is 0 Å². The summed E-state index contributed by atoms with van der Waals surface area (Å²) in [6.07, 6.45) is -0.175. The fourth-order valence-corrected chi connectivity index (χ4v) is 1.27. The first kappa shape index (κ1) is 12.5. The molecule has 88 valence electrons. The van der Waals surface area contributed by atoms with Gasteiger partial charge in [0.05, 0.1) is 13.0 Å². The zero-order valence-corrected chi connectivity index (χ0v) is 9.40. The van der Waals surface area contributed by atoms with Crippen molar-refractivity contribution in [2.24, 2.45) is 0 Å². The van der Waals surface area contributed by atoms with Crippen molar-refractivity contribution in [2.75, 3.05) is 6.61 Å². The van der Waals surface area contributed by atoms with E-state index in [4.69, 9.17) is 9.47 Å². The van der Waals surface area contributed by atoms with Gasteiger partial charge in [-0.05, 0) is 26.0 Å². The molecular weight excluding hydrogens is 211 g/mol. The molecule has 1 aromatic rings. The average Bonchev–Trinajstić information content (AvgIpc) is 2.17. The van der Waals surface area contributed by atoms with Crippen LogP contribution >= 0.6 is 0 Å². The van der Waals surface area contributed by atoms with E-state index in [1.54, 1.807) is 26.0 Å². The number of carbonyl (C=O) groups excluding carboxylic acids is 1. The van der Waals surface area contributed by atoms with Crippen molar-refractivity contribution in [1.82, 2.24) is 0 Å². The summed E-state index contributed by atoms with van der Waals surface area (Å²) in [7, 11) is 0. The van der Waals surface area contributed by atoms with Crippen molar-refractivity contribution in [2.45, 2.75) is 26.4 Å². The molecule has 0 fully saturated rings. The van der Waals surface area contributed by atoms with Gasteiger partial charge < -0.3 is 9.47 Å². The Labute approximate surface area is 94.2 Å². The normalized spacial score (nSPS) is 11.9. The third kappa shape index (κ3) is 4.29. The largest absolute Gasteiger partial charge is 0.490 e. The number of benzene rings is 1. The van der Waals surface area contributed by atoms with E-state index in [1.165, 1.54) is 12.1 Å². The van der Waals surface area contributed by atoms with Gasteiger partial charge in [0.25, 0.3) is 0 Å². The predicted octanol–water partition coefficient (Wildman–Crippen LogP) is 2.55. The summed E-state index contributed by atoms with van der Waals surface area (Å²) in [6.45, 7) is 3.84. The molecule has 0 bridgehead atoms. The minimum Gasteiger partial charge on any atom is -0.490 e. The van der Waals surface area contributed by atoms with Gasteiger partial charge in [0.15, 0.2) is 0 Å². The first-order valence-electron chi connectivity index (χ1n) is 5.19. The van der Waals surface area contributed by atoms with Gasteiger partial charge in [-0.1, -0.05) is 6.07 Å². The molecule has 1 aromatic carbocycles. The molecule has 0 spiro atoms. The third-order valence-electron chi connectivity index (χ3n) is 1.89. The topological polar surface area (TPSA) is 35.5 Å². The minimum absolute atomic E-state index is 0.157. The second-order valence-corrected chi connectivity index (χ2v) is 3.39. The van der Waals surface area contributed by atoms with E-state index < -0.39 is 0 Å². The number of carbonyl (C=O) groups is 1. The average molecular weight is 226 g/mol. The number of ether oxygens (including phenoxy) is 2. The smallest absolute Gasteiger partial charge is 0.309 e. The van der Waals surface area contributed by atoms with Crippen LogP contribution in [0.2, 0.25) is 0 Å². The van der Waals surface area contributed by atoms with E-state index in [0.29, 0.717) is 12.4 Å². The first-order valence-corrected chi connectivity index (χ1v) is 5.19. The van der Waals surface area contributed by atoms with Crippen molar-refractivity contribution in [3.8, 4) is 5.75 Å². The first-order chi connectivity index (χ1) is 7.61. The molecule has 1 unspecified atom stereocenters. The van der Waals surface area contributed by atoms with Crippen LogP contribution in [0, 0.1) is 5.82 Å². The van der Waals surface area contributed by atoms with Gasteiger partial charge in [-0.2, -0.15) is 0 Å². The number of esters is 1. The van der Waals surface area contributed by atoms with Crippen LogP contribution < -0.4 is 4.74 Å². The van der Waals surface area contributed by atoms with Gasteiger partial charge in [0.2, 0.25) is 0 Å². The molecule has 0 heterocycles. The molecule has 4 heteroatoms. The van der Waals surface area contributed by atoms with Gasteiger partial charge in [0, 0.05) is 6.07 Å². The molecule has 0 aliphatic rings. The summed E-state index contributed by atoms with van der Waals surface area (Å²) in [6, 6.07) is 5.82.